The van der Waals surface area contributed by atoms with Crippen LogP contribution in [-0.2, 0) is 10.2 Å². The highest BCUT2D eigenvalue weighted by molar-refractivity contribution is 6.08. The van der Waals surface area contributed by atoms with Crippen LogP contribution in [0.3, 0.4) is 0 Å². The highest BCUT2D eigenvalue weighted by atomic mass is 16.2. The molecule has 0 bridgehead atoms. The number of carbonyl (C=O) groups excluding carboxylic acids is 2. The Bertz CT molecular complexity index is 872. The predicted octanol–water partition coefficient (Wildman–Crippen LogP) is 2.06. The molecule has 0 unspecified atom stereocenters. The van der Waals surface area contributed by atoms with E-state index in [1.165, 1.54) is 0 Å². The molecule has 140 valence electrons. The van der Waals surface area contributed by atoms with Crippen LogP contribution in [0, 0.1) is 0 Å². The molecule has 0 atom stereocenters. The van der Waals surface area contributed by atoms with Gasteiger partial charge in [0.1, 0.15) is 0 Å². The number of fused-ring (bicyclic) bond motifs is 2. The lowest BCUT2D eigenvalue weighted by molar-refractivity contribution is -0.124. The molecule has 7 heteroatoms. The zero-order chi connectivity index (χ0) is 19.0. The summed E-state index contributed by atoms with van der Waals surface area (Å²) < 4.78 is 0. The fourth-order valence-electron chi connectivity index (χ4n) is 4.16. The molecule has 1 spiro atoms. The van der Waals surface area contributed by atoms with Gasteiger partial charge in [-0.15, -0.1) is 0 Å². The van der Waals surface area contributed by atoms with Gasteiger partial charge in [0, 0.05) is 44.8 Å². The van der Waals surface area contributed by atoms with Crippen molar-refractivity contribution in [3.8, 4) is 0 Å². The maximum atomic E-state index is 13.0. The summed E-state index contributed by atoms with van der Waals surface area (Å²) in [5, 5.41) is 3.02. The number of likely N-dealkylation sites (N-methyl/N-ethyl adjacent to an activating group) is 1. The number of hydrogen-bond acceptors (Lipinski definition) is 5. The molecule has 0 aliphatic carbocycles. The van der Waals surface area contributed by atoms with Crippen molar-refractivity contribution in [1.82, 2.24) is 14.9 Å². The maximum Gasteiger partial charge on any atom is 0.256 e. The van der Waals surface area contributed by atoms with E-state index in [4.69, 9.17) is 0 Å². The van der Waals surface area contributed by atoms with Crippen molar-refractivity contribution in [1.29, 1.82) is 0 Å². The summed E-state index contributed by atoms with van der Waals surface area (Å²) in [6.07, 6.45) is 4.38. The van der Waals surface area contributed by atoms with E-state index in [0.29, 0.717) is 37.4 Å². The minimum absolute atomic E-state index is 0.0833. The van der Waals surface area contributed by atoms with E-state index < -0.39 is 5.41 Å². The van der Waals surface area contributed by atoms with E-state index in [2.05, 4.69) is 15.3 Å². The average molecular weight is 365 g/mol. The molecule has 0 radical (unpaired) electrons. The number of para-hydroxylation sites is 1. The minimum atomic E-state index is -0.506. The summed E-state index contributed by atoms with van der Waals surface area (Å²) in [7, 11) is 1.83. The number of amides is 2. The van der Waals surface area contributed by atoms with Gasteiger partial charge in [0.25, 0.3) is 5.91 Å². The monoisotopic (exact) mass is 365 g/mol. The fourth-order valence-corrected chi connectivity index (χ4v) is 4.16. The Morgan fingerprint density at radius 1 is 1.19 bits per heavy atom. The molecule has 4 rings (SSSR count). The Labute approximate surface area is 158 Å². The molecular formula is C20H23N5O2. The Morgan fingerprint density at radius 2 is 1.85 bits per heavy atom. The summed E-state index contributed by atoms with van der Waals surface area (Å²) >= 11 is 0. The van der Waals surface area contributed by atoms with Gasteiger partial charge in [-0.1, -0.05) is 18.2 Å². The number of likely N-dealkylation sites (tertiary alicyclic amines) is 1. The molecule has 1 fully saturated rings. The number of carbonyl (C=O) groups is 2. The topological polar surface area (TPSA) is 78.4 Å². The molecule has 1 aromatic heterocycles. The second-order valence-corrected chi connectivity index (χ2v) is 7.08. The van der Waals surface area contributed by atoms with Crippen molar-refractivity contribution >= 4 is 23.5 Å². The van der Waals surface area contributed by atoms with E-state index in [1.807, 2.05) is 38.2 Å². The van der Waals surface area contributed by atoms with Crippen LogP contribution in [0.2, 0.25) is 0 Å². The number of piperidine rings is 1. The van der Waals surface area contributed by atoms with E-state index in [-0.39, 0.29) is 11.8 Å². The standard InChI is InChI=1S/C20H23N5O2/c1-3-21-19-22-12-14(13-23-19)17(26)25-10-8-20(9-11-25)15-6-4-5-7-16(15)24(2)18(20)27/h4-7,12-13H,3,8-11H2,1-2H3,(H,21,22,23). The second-order valence-electron chi connectivity index (χ2n) is 7.08. The first kappa shape index (κ1) is 17.5. The van der Waals surface area contributed by atoms with Gasteiger partial charge < -0.3 is 15.1 Å². The highest BCUT2D eigenvalue weighted by Crippen LogP contribution is 2.47. The Kier molecular flexibility index (Phi) is 4.30. The summed E-state index contributed by atoms with van der Waals surface area (Å²) in [4.78, 5) is 37.7. The Balaban J connectivity index is 1.51. The van der Waals surface area contributed by atoms with Crippen LogP contribution in [0.1, 0.15) is 35.7 Å². The largest absolute Gasteiger partial charge is 0.355 e. The number of anilines is 2. The summed E-state index contributed by atoms with van der Waals surface area (Å²) in [6.45, 7) is 3.78. The number of nitrogens with one attached hydrogen (secondary N) is 1. The van der Waals surface area contributed by atoms with Crippen LogP contribution in [0.4, 0.5) is 11.6 Å². The first-order chi connectivity index (χ1) is 13.1. The number of hydrogen-bond donors (Lipinski definition) is 1. The zero-order valence-corrected chi connectivity index (χ0v) is 15.6. The lowest BCUT2D eigenvalue weighted by atomic mass is 9.73. The molecule has 2 aliphatic heterocycles. The van der Waals surface area contributed by atoms with Gasteiger partial charge in [0.15, 0.2) is 0 Å². The van der Waals surface area contributed by atoms with Gasteiger partial charge >= 0.3 is 0 Å². The molecule has 1 aromatic carbocycles. The predicted molar refractivity (Wildman–Crippen MR) is 103 cm³/mol. The van der Waals surface area contributed by atoms with Crippen LogP contribution in [-0.4, -0.2) is 53.4 Å². The normalized spacial score (nSPS) is 17.9. The van der Waals surface area contributed by atoms with Gasteiger partial charge in [-0.2, -0.15) is 0 Å². The maximum absolute atomic E-state index is 13.0. The van der Waals surface area contributed by atoms with Crippen LogP contribution in [0.5, 0.6) is 0 Å². The van der Waals surface area contributed by atoms with Crippen LogP contribution >= 0.6 is 0 Å². The zero-order valence-electron chi connectivity index (χ0n) is 15.6. The number of aromatic nitrogens is 2. The fraction of sp³-hybridized carbons (Fsp3) is 0.400. The molecule has 27 heavy (non-hydrogen) atoms. The molecular weight excluding hydrogens is 342 g/mol. The number of benzene rings is 1. The Morgan fingerprint density at radius 3 is 2.52 bits per heavy atom. The quantitative estimate of drug-likeness (QED) is 0.901. The van der Waals surface area contributed by atoms with Crippen molar-refractivity contribution in [2.75, 3.05) is 36.9 Å². The smallest absolute Gasteiger partial charge is 0.256 e. The molecule has 1 N–H and O–H groups in total. The third-order valence-corrected chi connectivity index (χ3v) is 5.63. The minimum Gasteiger partial charge on any atom is -0.355 e. The molecule has 3 heterocycles. The third-order valence-electron chi connectivity index (χ3n) is 5.63. The second kappa shape index (κ2) is 6.64. The molecule has 2 aromatic rings. The molecule has 2 aliphatic rings. The van der Waals surface area contributed by atoms with Gasteiger partial charge in [-0.25, -0.2) is 9.97 Å². The van der Waals surface area contributed by atoms with Crippen molar-refractivity contribution < 1.29 is 9.59 Å². The van der Waals surface area contributed by atoms with Gasteiger partial charge in [-0.3, -0.25) is 9.59 Å². The summed E-state index contributed by atoms with van der Waals surface area (Å²) in [5.41, 5.74) is 2.04. The lowest BCUT2D eigenvalue weighted by Gasteiger charge is -2.38. The van der Waals surface area contributed by atoms with E-state index in [9.17, 15) is 9.59 Å². The molecule has 1 saturated heterocycles. The van der Waals surface area contributed by atoms with Gasteiger partial charge in [0.05, 0.1) is 11.0 Å². The van der Waals surface area contributed by atoms with Crippen molar-refractivity contribution in [2.45, 2.75) is 25.2 Å². The summed E-state index contributed by atoms with van der Waals surface area (Å²) in [5.74, 6) is 0.567. The highest BCUT2D eigenvalue weighted by Gasteiger charge is 2.51. The third kappa shape index (κ3) is 2.74. The first-order valence-electron chi connectivity index (χ1n) is 9.29. The van der Waals surface area contributed by atoms with Crippen molar-refractivity contribution in [3.63, 3.8) is 0 Å². The van der Waals surface area contributed by atoms with Gasteiger partial charge in [0.2, 0.25) is 11.9 Å². The average Bonchev–Trinajstić information content (AvgIpc) is 2.92. The SMILES string of the molecule is CCNc1ncc(C(=O)N2CCC3(CC2)C(=O)N(C)c2ccccc23)cn1. The number of nitrogens with zero attached hydrogens (tertiary/aromatic N) is 4. The van der Waals surface area contributed by atoms with Crippen molar-refractivity contribution in [2.24, 2.45) is 0 Å². The molecule has 0 saturated carbocycles. The van der Waals surface area contributed by atoms with Crippen LogP contribution in [0.25, 0.3) is 0 Å². The van der Waals surface area contributed by atoms with E-state index >= 15 is 0 Å². The summed E-state index contributed by atoms with van der Waals surface area (Å²) in [6, 6.07) is 7.97. The Hall–Kier alpha value is -2.96. The van der Waals surface area contributed by atoms with Crippen LogP contribution in [0.15, 0.2) is 36.7 Å². The van der Waals surface area contributed by atoms with E-state index in [1.54, 1.807) is 22.2 Å². The lowest BCUT2D eigenvalue weighted by Crippen LogP contribution is -2.49. The van der Waals surface area contributed by atoms with E-state index in [0.717, 1.165) is 17.8 Å². The molecule has 7 nitrogen and oxygen atoms in total. The molecule has 2 amide bonds. The van der Waals surface area contributed by atoms with Crippen molar-refractivity contribution in [3.05, 3.63) is 47.8 Å². The van der Waals surface area contributed by atoms with Gasteiger partial charge in [-0.05, 0) is 31.4 Å². The van der Waals surface area contributed by atoms with Crippen LogP contribution < -0.4 is 10.2 Å². The number of rotatable bonds is 3. The first-order valence-corrected chi connectivity index (χ1v) is 9.29.